The van der Waals surface area contributed by atoms with E-state index in [4.69, 9.17) is 10.6 Å². The number of nitrogens with two attached hydrogens (primary N) is 1. The summed E-state index contributed by atoms with van der Waals surface area (Å²) in [6.07, 6.45) is 3.36. The Morgan fingerprint density at radius 1 is 1.11 bits per heavy atom. The lowest BCUT2D eigenvalue weighted by Crippen LogP contribution is -2.42. The van der Waals surface area contributed by atoms with Gasteiger partial charge in [-0.2, -0.15) is 0 Å². The summed E-state index contributed by atoms with van der Waals surface area (Å²) in [6, 6.07) is 13.3. The van der Waals surface area contributed by atoms with Crippen LogP contribution in [0.2, 0.25) is 0 Å². The molecule has 3 heterocycles. The minimum Gasteiger partial charge on any atom is -0.378 e. The molecule has 4 rings (SSSR count). The van der Waals surface area contributed by atoms with Gasteiger partial charge in [0.15, 0.2) is 5.82 Å². The van der Waals surface area contributed by atoms with Crippen molar-refractivity contribution in [1.82, 2.24) is 24.8 Å². The summed E-state index contributed by atoms with van der Waals surface area (Å²) < 4.78 is 6.78. The van der Waals surface area contributed by atoms with Crippen LogP contribution in [-0.4, -0.2) is 57.0 Å². The van der Waals surface area contributed by atoms with E-state index in [0.29, 0.717) is 37.3 Å². The third-order valence-corrected chi connectivity index (χ3v) is 5.66. The minimum absolute atomic E-state index is 0.0189. The van der Waals surface area contributed by atoms with Gasteiger partial charge in [-0.15, -0.1) is 10.2 Å². The van der Waals surface area contributed by atoms with Crippen LogP contribution in [0, 0.1) is 0 Å². The lowest BCUT2D eigenvalue weighted by molar-refractivity contribution is -0.134. The lowest BCUT2D eigenvalue weighted by atomic mass is 10.1. The molecule has 1 saturated heterocycles. The zero-order valence-corrected chi connectivity index (χ0v) is 16.0. The third-order valence-electron chi connectivity index (χ3n) is 4.46. The molecule has 1 aliphatic rings. The topological polar surface area (TPSA) is 99.2 Å². The predicted octanol–water partition coefficient (Wildman–Crippen LogP) is 1.75. The number of hydrogen-bond acceptors (Lipinski definition) is 7. The Morgan fingerprint density at radius 3 is 2.61 bits per heavy atom. The van der Waals surface area contributed by atoms with Crippen LogP contribution in [0.5, 0.6) is 0 Å². The largest absolute Gasteiger partial charge is 0.378 e. The molecule has 0 radical (unpaired) electrons. The van der Waals surface area contributed by atoms with E-state index in [2.05, 4.69) is 15.2 Å². The maximum absolute atomic E-state index is 13.2. The summed E-state index contributed by atoms with van der Waals surface area (Å²) in [6.45, 7) is 2.27. The van der Waals surface area contributed by atoms with Gasteiger partial charge in [0, 0.05) is 31.0 Å². The number of aromatic nitrogens is 4. The quantitative estimate of drug-likeness (QED) is 0.518. The Bertz CT molecular complexity index is 928. The first-order valence-electron chi connectivity index (χ1n) is 8.93. The fourth-order valence-electron chi connectivity index (χ4n) is 2.99. The number of nitrogen functional groups attached to an aromatic ring is 1. The van der Waals surface area contributed by atoms with Gasteiger partial charge in [-0.1, -0.05) is 42.1 Å². The van der Waals surface area contributed by atoms with Crippen LogP contribution < -0.4 is 5.84 Å². The first-order valence-corrected chi connectivity index (χ1v) is 9.81. The van der Waals surface area contributed by atoms with Crippen molar-refractivity contribution in [2.45, 2.75) is 10.4 Å². The number of hydrogen-bond donors (Lipinski definition) is 1. The van der Waals surface area contributed by atoms with Gasteiger partial charge in [-0.05, 0) is 17.7 Å². The summed E-state index contributed by atoms with van der Waals surface area (Å²) in [4.78, 5) is 19.2. The molecule has 3 aromatic rings. The van der Waals surface area contributed by atoms with Crippen molar-refractivity contribution >= 4 is 17.7 Å². The number of amides is 1. The summed E-state index contributed by atoms with van der Waals surface area (Å²) in [5.41, 5.74) is 1.66. The summed E-state index contributed by atoms with van der Waals surface area (Å²) in [7, 11) is 0. The van der Waals surface area contributed by atoms with Crippen molar-refractivity contribution in [2.75, 3.05) is 32.1 Å². The van der Waals surface area contributed by atoms with Gasteiger partial charge in [0.25, 0.3) is 0 Å². The number of carbonyl (C=O) groups is 1. The van der Waals surface area contributed by atoms with Crippen molar-refractivity contribution < 1.29 is 9.53 Å². The molecule has 8 nitrogen and oxygen atoms in total. The Kier molecular flexibility index (Phi) is 5.54. The molecule has 28 heavy (non-hydrogen) atoms. The van der Waals surface area contributed by atoms with E-state index < -0.39 is 5.25 Å². The second-order valence-corrected chi connectivity index (χ2v) is 7.34. The van der Waals surface area contributed by atoms with Crippen molar-refractivity contribution in [1.29, 1.82) is 0 Å². The van der Waals surface area contributed by atoms with Crippen LogP contribution in [0.1, 0.15) is 10.8 Å². The van der Waals surface area contributed by atoms with E-state index >= 15 is 0 Å². The highest BCUT2D eigenvalue weighted by Gasteiger charge is 2.30. The summed E-state index contributed by atoms with van der Waals surface area (Å²) >= 11 is 1.30. The molecule has 1 amide bonds. The van der Waals surface area contributed by atoms with Gasteiger partial charge in [-0.3, -0.25) is 9.78 Å². The molecule has 0 spiro atoms. The second kappa shape index (κ2) is 8.41. The van der Waals surface area contributed by atoms with E-state index in [1.54, 1.807) is 12.4 Å². The van der Waals surface area contributed by atoms with E-state index in [0.717, 1.165) is 11.1 Å². The van der Waals surface area contributed by atoms with Crippen LogP contribution in [0.4, 0.5) is 0 Å². The number of carbonyl (C=O) groups excluding carboxylic acids is 1. The zero-order chi connectivity index (χ0) is 19.3. The molecular formula is C19H20N6O2S. The third kappa shape index (κ3) is 3.85. The number of ether oxygens (including phenoxy) is 1. The van der Waals surface area contributed by atoms with Crippen molar-refractivity contribution in [3.8, 4) is 11.4 Å². The van der Waals surface area contributed by atoms with Crippen molar-refractivity contribution in [3.63, 3.8) is 0 Å². The van der Waals surface area contributed by atoms with Crippen LogP contribution in [0.15, 0.2) is 60.0 Å². The summed E-state index contributed by atoms with van der Waals surface area (Å²) in [5, 5.41) is 8.40. The molecule has 0 unspecified atom stereocenters. The molecule has 0 bridgehead atoms. The molecule has 144 valence electrons. The van der Waals surface area contributed by atoms with Gasteiger partial charge in [0.05, 0.1) is 13.2 Å². The maximum Gasteiger partial charge on any atom is 0.240 e. The van der Waals surface area contributed by atoms with Crippen LogP contribution >= 0.6 is 11.8 Å². The molecule has 1 fully saturated rings. The number of morpholine rings is 1. The molecule has 0 saturated carbocycles. The number of benzene rings is 1. The monoisotopic (exact) mass is 396 g/mol. The molecule has 1 atom stereocenters. The molecule has 2 N–H and O–H groups in total. The van der Waals surface area contributed by atoms with Crippen LogP contribution in [0.3, 0.4) is 0 Å². The lowest BCUT2D eigenvalue weighted by Gasteiger charge is -2.30. The molecule has 2 aromatic heterocycles. The van der Waals surface area contributed by atoms with Crippen LogP contribution in [0.25, 0.3) is 11.4 Å². The van der Waals surface area contributed by atoms with E-state index in [9.17, 15) is 4.79 Å². The fourth-order valence-corrected chi connectivity index (χ4v) is 4.04. The Balaban J connectivity index is 1.63. The smallest absolute Gasteiger partial charge is 0.240 e. The van der Waals surface area contributed by atoms with E-state index in [-0.39, 0.29) is 5.91 Å². The highest BCUT2D eigenvalue weighted by molar-refractivity contribution is 8.00. The molecular weight excluding hydrogens is 376 g/mol. The number of thioether (sulfide) groups is 1. The van der Waals surface area contributed by atoms with Gasteiger partial charge in [0.1, 0.15) is 5.25 Å². The first-order chi connectivity index (χ1) is 13.7. The molecule has 1 aliphatic heterocycles. The van der Waals surface area contributed by atoms with Gasteiger partial charge in [-0.25, -0.2) is 4.68 Å². The Hall–Kier alpha value is -2.91. The van der Waals surface area contributed by atoms with Crippen molar-refractivity contribution in [2.24, 2.45) is 0 Å². The standard InChI is InChI=1S/C19H20N6O2S/c20-25-17(15-7-4-8-21-13-15)22-23-19(25)28-16(14-5-2-1-3-6-14)18(26)24-9-11-27-12-10-24/h1-8,13,16H,9-12,20H2/t16-/m0/s1. The predicted molar refractivity (Wildman–Crippen MR) is 106 cm³/mol. The SMILES string of the molecule is Nn1c(S[C@H](C(=O)N2CCOCC2)c2ccccc2)nnc1-c1cccnc1. The van der Waals surface area contributed by atoms with Gasteiger partial charge < -0.3 is 15.5 Å². The van der Waals surface area contributed by atoms with E-state index in [1.807, 2.05) is 47.4 Å². The summed E-state index contributed by atoms with van der Waals surface area (Å²) in [5.74, 6) is 6.76. The Labute approximate surface area is 166 Å². The average molecular weight is 396 g/mol. The number of nitrogens with zero attached hydrogens (tertiary/aromatic N) is 5. The molecule has 1 aromatic carbocycles. The van der Waals surface area contributed by atoms with Crippen LogP contribution in [-0.2, 0) is 9.53 Å². The van der Waals surface area contributed by atoms with E-state index in [1.165, 1.54) is 16.4 Å². The fraction of sp³-hybridized carbons (Fsp3) is 0.263. The number of pyridine rings is 1. The Morgan fingerprint density at radius 2 is 1.89 bits per heavy atom. The van der Waals surface area contributed by atoms with Gasteiger partial charge >= 0.3 is 0 Å². The highest BCUT2D eigenvalue weighted by Crippen LogP contribution is 2.36. The first kappa shape index (κ1) is 18.5. The van der Waals surface area contributed by atoms with Gasteiger partial charge in [0.2, 0.25) is 11.1 Å². The van der Waals surface area contributed by atoms with Crippen molar-refractivity contribution in [3.05, 3.63) is 60.4 Å². The zero-order valence-electron chi connectivity index (χ0n) is 15.1. The average Bonchev–Trinajstić information content (AvgIpc) is 3.13. The highest BCUT2D eigenvalue weighted by atomic mass is 32.2. The maximum atomic E-state index is 13.2. The number of rotatable bonds is 5. The normalized spacial score (nSPS) is 15.4. The molecule has 9 heteroatoms. The molecule has 0 aliphatic carbocycles. The second-order valence-electron chi connectivity index (χ2n) is 6.26. The minimum atomic E-state index is -0.465.